The Labute approximate surface area is 170 Å². The minimum atomic E-state index is -0.317. The second-order valence-corrected chi connectivity index (χ2v) is 7.19. The normalized spacial score (nSPS) is 12.2. The average molecular weight is 415 g/mol. The zero-order valence-electron chi connectivity index (χ0n) is 15.6. The minimum absolute atomic E-state index is 0.0930. The van der Waals surface area contributed by atoms with Crippen molar-refractivity contribution >= 4 is 17.7 Å². The molecule has 2 heterocycles. The summed E-state index contributed by atoms with van der Waals surface area (Å²) < 4.78 is 29.6. The largest absolute Gasteiger partial charge is 0.454 e. The fourth-order valence-corrected chi connectivity index (χ4v) is 3.53. The van der Waals surface area contributed by atoms with Crippen LogP contribution in [0.1, 0.15) is 12.5 Å². The van der Waals surface area contributed by atoms with E-state index in [4.69, 9.17) is 13.9 Å². The highest BCUT2D eigenvalue weighted by atomic mass is 32.2. The summed E-state index contributed by atoms with van der Waals surface area (Å²) in [6, 6.07) is 11.6. The summed E-state index contributed by atoms with van der Waals surface area (Å²) in [5, 5.41) is 8.32. The number of rotatable bonds is 7. The highest BCUT2D eigenvalue weighted by molar-refractivity contribution is 7.99. The predicted octanol–water partition coefficient (Wildman–Crippen LogP) is 3.75. The van der Waals surface area contributed by atoms with Gasteiger partial charge in [0.25, 0.3) is 5.22 Å². The molecule has 0 bridgehead atoms. The van der Waals surface area contributed by atoms with Gasteiger partial charge in [-0.3, -0.25) is 4.79 Å². The summed E-state index contributed by atoms with van der Waals surface area (Å²) in [4.78, 5) is 14.2. The Morgan fingerprint density at radius 1 is 1.17 bits per heavy atom. The van der Waals surface area contributed by atoms with Gasteiger partial charge in [0.2, 0.25) is 18.6 Å². The maximum Gasteiger partial charge on any atom is 0.277 e. The molecule has 0 unspecified atom stereocenters. The molecule has 0 radical (unpaired) electrons. The highest BCUT2D eigenvalue weighted by Gasteiger charge is 2.18. The van der Waals surface area contributed by atoms with Crippen LogP contribution in [0.25, 0.3) is 11.5 Å². The number of nitrogens with zero attached hydrogens (tertiary/aromatic N) is 3. The molecule has 1 aromatic heterocycles. The van der Waals surface area contributed by atoms with Gasteiger partial charge in [-0.2, -0.15) is 0 Å². The van der Waals surface area contributed by atoms with Crippen molar-refractivity contribution in [1.82, 2.24) is 15.1 Å². The van der Waals surface area contributed by atoms with E-state index in [9.17, 15) is 9.18 Å². The summed E-state index contributed by atoms with van der Waals surface area (Å²) >= 11 is 1.17. The molecule has 0 fully saturated rings. The molecule has 0 spiro atoms. The molecular weight excluding hydrogens is 397 g/mol. The number of hydrogen-bond donors (Lipinski definition) is 0. The van der Waals surface area contributed by atoms with E-state index >= 15 is 0 Å². The first-order valence-electron chi connectivity index (χ1n) is 9.01. The first-order valence-corrected chi connectivity index (χ1v) is 9.99. The van der Waals surface area contributed by atoms with Crippen molar-refractivity contribution in [2.24, 2.45) is 0 Å². The molecule has 0 saturated heterocycles. The van der Waals surface area contributed by atoms with Gasteiger partial charge in [-0.15, -0.1) is 10.2 Å². The number of aromatic nitrogens is 2. The second-order valence-electron chi connectivity index (χ2n) is 6.27. The van der Waals surface area contributed by atoms with Crippen LogP contribution in [-0.4, -0.2) is 40.1 Å². The van der Waals surface area contributed by atoms with Gasteiger partial charge in [0.1, 0.15) is 5.82 Å². The molecule has 29 heavy (non-hydrogen) atoms. The van der Waals surface area contributed by atoms with Crippen LogP contribution in [-0.2, 0) is 11.3 Å². The summed E-state index contributed by atoms with van der Waals surface area (Å²) in [6.07, 6.45) is 0. The average Bonchev–Trinajstić information content (AvgIpc) is 3.39. The molecule has 0 N–H and O–H groups in total. The van der Waals surface area contributed by atoms with Crippen LogP contribution in [0.4, 0.5) is 4.39 Å². The van der Waals surface area contributed by atoms with Crippen LogP contribution in [0, 0.1) is 5.82 Å². The van der Waals surface area contributed by atoms with Crippen molar-refractivity contribution < 1.29 is 23.1 Å². The van der Waals surface area contributed by atoms with E-state index in [0.717, 1.165) is 5.56 Å². The van der Waals surface area contributed by atoms with Crippen LogP contribution >= 0.6 is 11.8 Å². The standard InChI is InChI=1S/C20H18FN3O4S/c1-2-24(10-13-4-3-5-15(21)8-13)18(25)11-29-20-23-22-19(28-20)14-6-7-16-17(9-14)27-12-26-16/h3-9H,2,10-12H2,1H3. The SMILES string of the molecule is CCN(Cc1cccc(F)c1)C(=O)CSc1nnc(-c2ccc3c(c2)OCO3)o1. The van der Waals surface area contributed by atoms with E-state index in [-0.39, 0.29) is 24.3 Å². The maximum atomic E-state index is 13.4. The number of halogens is 1. The Morgan fingerprint density at radius 2 is 2.03 bits per heavy atom. The van der Waals surface area contributed by atoms with E-state index < -0.39 is 0 Å². The first kappa shape index (κ1) is 19.3. The summed E-state index contributed by atoms with van der Waals surface area (Å²) in [6.45, 7) is 2.93. The van der Waals surface area contributed by atoms with E-state index in [2.05, 4.69) is 10.2 Å². The summed E-state index contributed by atoms with van der Waals surface area (Å²) in [5.41, 5.74) is 1.45. The topological polar surface area (TPSA) is 77.7 Å². The molecule has 1 amide bonds. The maximum absolute atomic E-state index is 13.4. The highest BCUT2D eigenvalue weighted by Crippen LogP contribution is 2.36. The minimum Gasteiger partial charge on any atom is -0.454 e. The van der Waals surface area contributed by atoms with Crippen LogP contribution in [0.15, 0.2) is 52.1 Å². The molecule has 1 aliphatic rings. The van der Waals surface area contributed by atoms with E-state index in [0.29, 0.717) is 41.3 Å². The van der Waals surface area contributed by atoms with Crippen molar-refractivity contribution in [3.63, 3.8) is 0 Å². The third-order valence-corrected chi connectivity index (χ3v) is 5.15. The molecule has 150 valence electrons. The fourth-order valence-electron chi connectivity index (χ4n) is 2.86. The van der Waals surface area contributed by atoms with Crippen molar-refractivity contribution in [1.29, 1.82) is 0 Å². The van der Waals surface area contributed by atoms with Gasteiger partial charge in [-0.25, -0.2) is 4.39 Å². The number of hydrogen-bond acceptors (Lipinski definition) is 7. The molecule has 7 nitrogen and oxygen atoms in total. The lowest BCUT2D eigenvalue weighted by molar-refractivity contribution is -0.128. The van der Waals surface area contributed by atoms with Gasteiger partial charge in [0.15, 0.2) is 11.5 Å². The molecule has 3 aromatic rings. The Kier molecular flexibility index (Phi) is 5.66. The lowest BCUT2D eigenvalue weighted by atomic mass is 10.2. The number of carbonyl (C=O) groups excluding carboxylic acids is 1. The van der Waals surface area contributed by atoms with Crippen molar-refractivity contribution in [3.05, 3.63) is 53.8 Å². The number of amides is 1. The van der Waals surface area contributed by atoms with Crippen LogP contribution in [0.3, 0.4) is 0 Å². The van der Waals surface area contributed by atoms with E-state index in [1.165, 1.54) is 23.9 Å². The number of fused-ring (bicyclic) bond motifs is 1. The molecule has 9 heteroatoms. The zero-order valence-corrected chi connectivity index (χ0v) is 16.4. The number of ether oxygens (including phenoxy) is 2. The van der Waals surface area contributed by atoms with E-state index in [1.807, 2.05) is 6.92 Å². The smallest absolute Gasteiger partial charge is 0.277 e. The Bertz CT molecular complexity index is 1030. The number of carbonyl (C=O) groups is 1. The molecule has 0 saturated carbocycles. The van der Waals surface area contributed by atoms with Gasteiger partial charge in [-0.1, -0.05) is 23.9 Å². The van der Waals surface area contributed by atoms with Crippen LogP contribution < -0.4 is 9.47 Å². The van der Waals surface area contributed by atoms with Crippen molar-refractivity contribution in [3.8, 4) is 23.0 Å². The van der Waals surface area contributed by atoms with Gasteiger partial charge in [0.05, 0.1) is 5.75 Å². The van der Waals surface area contributed by atoms with Crippen molar-refractivity contribution in [2.45, 2.75) is 18.7 Å². The second kappa shape index (κ2) is 8.52. The van der Waals surface area contributed by atoms with Crippen LogP contribution in [0.2, 0.25) is 0 Å². The Morgan fingerprint density at radius 3 is 2.86 bits per heavy atom. The lowest BCUT2D eigenvalue weighted by Gasteiger charge is -2.20. The monoisotopic (exact) mass is 415 g/mol. The van der Waals surface area contributed by atoms with Gasteiger partial charge in [-0.05, 0) is 42.8 Å². The van der Waals surface area contributed by atoms with E-state index in [1.54, 1.807) is 35.2 Å². The summed E-state index contributed by atoms with van der Waals surface area (Å²) in [7, 11) is 0. The predicted molar refractivity (Wildman–Crippen MR) is 104 cm³/mol. The number of benzene rings is 2. The summed E-state index contributed by atoms with van der Waals surface area (Å²) in [5.74, 6) is 1.37. The molecular formula is C20H18FN3O4S. The first-order chi connectivity index (χ1) is 14.1. The third kappa shape index (κ3) is 4.51. The van der Waals surface area contributed by atoms with Gasteiger partial charge < -0.3 is 18.8 Å². The van der Waals surface area contributed by atoms with Gasteiger partial charge >= 0.3 is 0 Å². The number of thioether (sulfide) groups is 1. The Balaban J connectivity index is 1.36. The Hall–Kier alpha value is -3.07. The van der Waals surface area contributed by atoms with Crippen LogP contribution in [0.5, 0.6) is 11.5 Å². The quantitative estimate of drug-likeness (QED) is 0.544. The lowest BCUT2D eigenvalue weighted by Crippen LogP contribution is -2.31. The zero-order chi connectivity index (χ0) is 20.2. The molecule has 1 aliphatic heterocycles. The van der Waals surface area contributed by atoms with Gasteiger partial charge in [0, 0.05) is 18.7 Å². The molecule has 4 rings (SSSR count). The molecule has 0 aliphatic carbocycles. The third-order valence-electron chi connectivity index (χ3n) is 4.34. The van der Waals surface area contributed by atoms with Crippen molar-refractivity contribution in [2.75, 3.05) is 19.1 Å². The molecule has 0 atom stereocenters. The fraction of sp³-hybridized carbons (Fsp3) is 0.250. The molecule has 2 aromatic carbocycles.